The summed E-state index contributed by atoms with van der Waals surface area (Å²) in [4.78, 5) is 26.1. The lowest BCUT2D eigenvalue weighted by Crippen LogP contribution is -2.47. The first-order valence-corrected chi connectivity index (χ1v) is 8.50. The molecule has 5 atom stereocenters. The molecule has 1 N–H and O–H groups in total. The second-order valence-corrected chi connectivity index (χ2v) is 7.07. The van der Waals surface area contributed by atoms with Gasteiger partial charge in [0.15, 0.2) is 23.1 Å². The van der Waals surface area contributed by atoms with Crippen LogP contribution in [0.5, 0.6) is 11.5 Å². The van der Waals surface area contributed by atoms with Crippen molar-refractivity contribution < 1.29 is 24.2 Å². The third kappa shape index (κ3) is 2.41. The van der Waals surface area contributed by atoms with Crippen LogP contribution in [-0.2, 0) is 14.3 Å². The second kappa shape index (κ2) is 6.30. The molecule has 5 heteroatoms. The van der Waals surface area contributed by atoms with E-state index in [2.05, 4.69) is 6.58 Å². The molecule has 2 fully saturated rings. The fourth-order valence-electron chi connectivity index (χ4n) is 4.76. The van der Waals surface area contributed by atoms with Crippen LogP contribution in [0.25, 0.3) is 0 Å². The molecule has 0 heterocycles. The highest BCUT2D eigenvalue weighted by molar-refractivity contribution is 6.12. The minimum Gasteiger partial charge on any atom is -0.504 e. The SMILES string of the molecule is C=CC[C@@]12C[C@@H](OC)C(=O)[C@@H](C1=O)[C@@H](c1ccc(O)c(OC)c1)[C@@H]2C. The summed E-state index contributed by atoms with van der Waals surface area (Å²) in [6.07, 6.45) is 2.13. The number of phenolic OH excluding ortho intramolecular Hbond substituents is 1. The number of benzene rings is 1. The number of hydrogen-bond donors (Lipinski definition) is 1. The molecule has 2 aliphatic carbocycles. The molecule has 0 spiro atoms. The monoisotopic (exact) mass is 344 g/mol. The van der Waals surface area contributed by atoms with Gasteiger partial charge >= 0.3 is 0 Å². The molecule has 0 radical (unpaired) electrons. The first-order valence-electron chi connectivity index (χ1n) is 8.50. The summed E-state index contributed by atoms with van der Waals surface area (Å²) >= 11 is 0. The Morgan fingerprint density at radius 3 is 2.68 bits per heavy atom. The highest BCUT2D eigenvalue weighted by Gasteiger charge is 2.65. The molecule has 2 bridgehead atoms. The van der Waals surface area contributed by atoms with Crippen LogP contribution < -0.4 is 4.74 Å². The second-order valence-electron chi connectivity index (χ2n) is 7.07. The number of fused-ring (bicyclic) bond motifs is 2. The average molecular weight is 344 g/mol. The average Bonchev–Trinajstić information content (AvgIpc) is 2.75. The smallest absolute Gasteiger partial charge is 0.172 e. The number of phenols is 1. The van der Waals surface area contributed by atoms with Crippen molar-refractivity contribution in [1.29, 1.82) is 0 Å². The van der Waals surface area contributed by atoms with Crippen molar-refractivity contribution in [1.82, 2.24) is 0 Å². The zero-order chi connectivity index (χ0) is 18.4. The van der Waals surface area contributed by atoms with Gasteiger partial charge in [0.1, 0.15) is 6.10 Å². The third-order valence-electron chi connectivity index (χ3n) is 6.10. The van der Waals surface area contributed by atoms with Crippen LogP contribution in [0.4, 0.5) is 0 Å². The van der Waals surface area contributed by atoms with E-state index < -0.39 is 17.4 Å². The van der Waals surface area contributed by atoms with E-state index in [1.807, 2.05) is 6.92 Å². The molecule has 0 aromatic heterocycles. The topological polar surface area (TPSA) is 72.8 Å². The minimum atomic E-state index is -0.720. The van der Waals surface area contributed by atoms with E-state index in [1.165, 1.54) is 14.2 Å². The van der Waals surface area contributed by atoms with Gasteiger partial charge in [-0.3, -0.25) is 9.59 Å². The Hall–Kier alpha value is -2.14. The molecule has 1 aromatic carbocycles. The molecule has 1 aromatic rings. The van der Waals surface area contributed by atoms with E-state index >= 15 is 0 Å². The summed E-state index contributed by atoms with van der Waals surface area (Å²) in [5.41, 5.74) is 0.202. The molecule has 5 nitrogen and oxygen atoms in total. The lowest BCUT2D eigenvalue weighted by molar-refractivity contribution is -0.149. The number of carbonyl (C=O) groups excluding carboxylic acids is 2. The van der Waals surface area contributed by atoms with Crippen LogP contribution >= 0.6 is 0 Å². The third-order valence-corrected chi connectivity index (χ3v) is 6.10. The number of rotatable bonds is 5. The molecule has 2 aliphatic rings. The van der Waals surface area contributed by atoms with Crippen molar-refractivity contribution in [3.8, 4) is 11.5 Å². The fraction of sp³-hybridized carbons (Fsp3) is 0.500. The molecule has 0 unspecified atom stereocenters. The number of allylic oxidation sites excluding steroid dienone is 1. The van der Waals surface area contributed by atoms with Gasteiger partial charge in [-0.25, -0.2) is 0 Å². The predicted octanol–water partition coefficient (Wildman–Crippen LogP) is 2.87. The number of ketones is 2. The molecular formula is C20H24O5. The summed E-state index contributed by atoms with van der Waals surface area (Å²) in [6.45, 7) is 5.84. The quantitative estimate of drug-likeness (QED) is 0.657. The highest BCUT2D eigenvalue weighted by atomic mass is 16.5. The maximum Gasteiger partial charge on any atom is 0.172 e. The maximum absolute atomic E-state index is 13.2. The standard InChI is InChI=1S/C20H24O5/c1-5-8-20-10-15(25-4)18(22)17(19(20)23)16(11(20)2)12-6-7-13(21)14(9-12)24-3/h5-7,9,11,15-17,21H,1,8,10H2,2-4H3/t11-,15+,16+,17-,20-/m0/s1. The first kappa shape index (κ1) is 17.7. The molecule has 0 aliphatic heterocycles. The van der Waals surface area contributed by atoms with Crippen LogP contribution in [0.3, 0.4) is 0 Å². The van der Waals surface area contributed by atoms with E-state index in [0.29, 0.717) is 18.6 Å². The van der Waals surface area contributed by atoms with Gasteiger partial charge in [-0.1, -0.05) is 19.1 Å². The highest BCUT2D eigenvalue weighted by Crippen LogP contribution is 2.60. The van der Waals surface area contributed by atoms with E-state index in [1.54, 1.807) is 24.3 Å². The van der Waals surface area contributed by atoms with E-state index in [-0.39, 0.29) is 29.2 Å². The van der Waals surface area contributed by atoms with Gasteiger partial charge in [-0.05, 0) is 36.5 Å². The Bertz CT molecular complexity index is 725. The van der Waals surface area contributed by atoms with Crippen LogP contribution in [0.1, 0.15) is 31.2 Å². The van der Waals surface area contributed by atoms with E-state index in [4.69, 9.17) is 9.47 Å². The number of Topliss-reactive ketones (excluding diaryl/α,β-unsaturated/α-hetero) is 2. The Balaban J connectivity index is 2.13. The number of carbonyl (C=O) groups is 2. The lowest BCUT2D eigenvalue weighted by atomic mass is 9.67. The van der Waals surface area contributed by atoms with Crippen LogP contribution in [0.2, 0.25) is 0 Å². The van der Waals surface area contributed by atoms with Crippen LogP contribution in [0.15, 0.2) is 30.9 Å². The number of ether oxygens (including phenoxy) is 2. The molecule has 3 rings (SSSR count). The molecule has 25 heavy (non-hydrogen) atoms. The van der Waals surface area contributed by atoms with Gasteiger partial charge in [0.25, 0.3) is 0 Å². The number of hydrogen-bond acceptors (Lipinski definition) is 5. The van der Waals surface area contributed by atoms with Gasteiger partial charge < -0.3 is 14.6 Å². The van der Waals surface area contributed by atoms with Crippen molar-refractivity contribution in [3.63, 3.8) is 0 Å². The predicted molar refractivity (Wildman–Crippen MR) is 92.7 cm³/mol. The van der Waals surface area contributed by atoms with Crippen LogP contribution in [0, 0.1) is 17.3 Å². The normalized spacial score (nSPS) is 34.2. The van der Waals surface area contributed by atoms with Gasteiger partial charge in [-0.15, -0.1) is 6.58 Å². The Morgan fingerprint density at radius 1 is 1.36 bits per heavy atom. The van der Waals surface area contributed by atoms with Crippen molar-refractivity contribution in [2.45, 2.75) is 31.8 Å². The number of methoxy groups -OCH3 is 2. The number of aromatic hydroxyl groups is 1. The summed E-state index contributed by atoms with van der Waals surface area (Å²) in [5.74, 6) is -0.789. The molecule has 0 amide bonds. The van der Waals surface area contributed by atoms with Crippen molar-refractivity contribution in [2.75, 3.05) is 14.2 Å². The van der Waals surface area contributed by atoms with Crippen molar-refractivity contribution in [3.05, 3.63) is 36.4 Å². The summed E-state index contributed by atoms with van der Waals surface area (Å²) < 4.78 is 10.6. The lowest BCUT2D eigenvalue weighted by Gasteiger charge is -2.36. The largest absolute Gasteiger partial charge is 0.504 e. The first-order chi connectivity index (χ1) is 11.9. The Morgan fingerprint density at radius 2 is 2.08 bits per heavy atom. The summed E-state index contributed by atoms with van der Waals surface area (Å²) in [7, 11) is 2.99. The molecule has 0 saturated heterocycles. The summed E-state index contributed by atoms with van der Waals surface area (Å²) in [5, 5.41) is 9.86. The maximum atomic E-state index is 13.2. The van der Waals surface area contributed by atoms with E-state index in [9.17, 15) is 14.7 Å². The molecular weight excluding hydrogens is 320 g/mol. The van der Waals surface area contributed by atoms with Crippen molar-refractivity contribution in [2.24, 2.45) is 17.3 Å². The zero-order valence-electron chi connectivity index (χ0n) is 14.8. The van der Waals surface area contributed by atoms with Gasteiger partial charge in [0.2, 0.25) is 0 Å². The Labute approximate surface area is 147 Å². The van der Waals surface area contributed by atoms with Gasteiger partial charge in [-0.2, -0.15) is 0 Å². The van der Waals surface area contributed by atoms with Crippen LogP contribution in [-0.4, -0.2) is 37.0 Å². The van der Waals surface area contributed by atoms with E-state index in [0.717, 1.165) is 5.56 Å². The zero-order valence-corrected chi connectivity index (χ0v) is 14.8. The molecule has 2 saturated carbocycles. The fourth-order valence-corrected chi connectivity index (χ4v) is 4.76. The van der Waals surface area contributed by atoms with Crippen molar-refractivity contribution >= 4 is 11.6 Å². The minimum absolute atomic E-state index is 0.00441. The Kier molecular flexibility index (Phi) is 4.45. The van der Waals surface area contributed by atoms with Gasteiger partial charge in [0.05, 0.1) is 13.0 Å². The summed E-state index contributed by atoms with van der Waals surface area (Å²) in [6, 6.07) is 5.04. The molecule has 134 valence electrons. The van der Waals surface area contributed by atoms with Gasteiger partial charge in [0, 0.05) is 18.4 Å².